The van der Waals surface area contributed by atoms with Crippen LogP contribution >= 0.6 is 0 Å². The molecule has 0 unspecified atom stereocenters. The lowest BCUT2D eigenvalue weighted by Crippen LogP contribution is -2.10. The van der Waals surface area contributed by atoms with Crippen LogP contribution in [0.1, 0.15) is 12.0 Å². The molecular formula is C10H12BNO3. The minimum atomic E-state index is 0.0959. The summed E-state index contributed by atoms with van der Waals surface area (Å²) in [5.41, 5.74) is 0.489. The van der Waals surface area contributed by atoms with Gasteiger partial charge in [0, 0.05) is 13.2 Å². The summed E-state index contributed by atoms with van der Waals surface area (Å²) >= 11 is 0. The fourth-order valence-corrected chi connectivity index (χ4v) is 1.02. The van der Waals surface area contributed by atoms with E-state index in [9.17, 15) is 0 Å². The van der Waals surface area contributed by atoms with Gasteiger partial charge in [-0.05, 0) is 18.6 Å². The van der Waals surface area contributed by atoms with Crippen molar-refractivity contribution in [1.82, 2.24) is 0 Å². The van der Waals surface area contributed by atoms with Gasteiger partial charge in [0.05, 0.1) is 5.56 Å². The summed E-state index contributed by atoms with van der Waals surface area (Å²) in [4.78, 5) is 0. The average Bonchev–Trinajstić information content (AvgIpc) is 2.29. The smallest absolute Gasteiger partial charge is 0.506 e. The van der Waals surface area contributed by atoms with Crippen LogP contribution in [0.3, 0.4) is 0 Å². The lowest BCUT2D eigenvalue weighted by atomic mass is 10.2. The number of para-hydroxylation sites is 1. The Morgan fingerprint density at radius 1 is 1.40 bits per heavy atom. The Balaban J connectivity index is 2.34. The fourth-order valence-electron chi connectivity index (χ4n) is 1.02. The predicted octanol–water partition coefficient (Wildman–Crippen LogP) is 0.603. The van der Waals surface area contributed by atoms with Gasteiger partial charge in [0.1, 0.15) is 11.8 Å². The maximum Gasteiger partial charge on any atom is 0.506 e. The zero-order chi connectivity index (χ0) is 10.9. The van der Waals surface area contributed by atoms with Crippen LogP contribution in [0.2, 0.25) is 0 Å². The van der Waals surface area contributed by atoms with Crippen molar-refractivity contribution in [3.63, 3.8) is 0 Å². The summed E-state index contributed by atoms with van der Waals surface area (Å²) in [6, 6.07) is 9.00. The highest BCUT2D eigenvalue weighted by atomic mass is 16.6. The Hall–Kier alpha value is -1.51. The Labute approximate surface area is 89.4 Å². The molecule has 0 spiro atoms. The number of rotatable bonds is 6. The van der Waals surface area contributed by atoms with Gasteiger partial charge in [-0.15, -0.1) is 0 Å². The van der Waals surface area contributed by atoms with E-state index in [2.05, 4.69) is 0 Å². The molecule has 5 heteroatoms. The van der Waals surface area contributed by atoms with Crippen molar-refractivity contribution in [3.8, 4) is 11.8 Å². The quantitative estimate of drug-likeness (QED) is 0.545. The molecule has 0 atom stereocenters. The van der Waals surface area contributed by atoms with Gasteiger partial charge in [-0.25, -0.2) is 0 Å². The van der Waals surface area contributed by atoms with Gasteiger partial charge < -0.3 is 14.4 Å². The van der Waals surface area contributed by atoms with Gasteiger partial charge in [0.15, 0.2) is 0 Å². The zero-order valence-electron chi connectivity index (χ0n) is 8.35. The Kier molecular flexibility index (Phi) is 5.30. The molecule has 0 saturated heterocycles. The minimum Gasteiger partial charge on any atom is -0.538 e. The molecule has 0 radical (unpaired) electrons. The number of aliphatic hydroxyl groups is 1. The van der Waals surface area contributed by atoms with Crippen LogP contribution in [0, 0.1) is 11.3 Å². The van der Waals surface area contributed by atoms with Crippen LogP contribution < -0.4 is 4.65 Å². The lowest BCUT2D eigenvalue weighted by molar-refractivity contribution is 0.224. The predicted molar refractivity (Wildman–Crippen MR) is 56.6 cm³/mol. The fraction of sp³-hybridized carbons (Fsp3) is 0.300. The summed E-state index contributed by atoms with van der Waals surface area (Å²) in [5.74, 6) is 0.518. The van der Waals surface area contributed by atoms with E-state index in [1.807, 2.05) is 6.07 Å². The molecule has 4 nitrogen and oxygen atoms in total. The normalized spacial score (nSPS) is 9.33. The van der Waals surface area contributed by atoms with Gasteiger partial charge >= 0.3 is 7.69 Å². The third-order valence-corrected chi connectivity index (χ3v) is 1.75. The molecule has 78 valence electrons. The SMILES string of the molecule is N#Cc1ccccc1OBOCCCO. The van der Waals surface area contributed by atoms with Gasteiger partial charge in [-0.1, -0.05) is 12.1 Å². The van der Waals surface area contributed by atoms with E-state index in [1.165, 1.54) is 0 Å². The molecule has 0 amide bonds. The standard InChI is InChI=1S/C10H12BNO3/c12-8-9-4-1-2-5-10(9)15-11-14-7-3-6-13/h1-2,4-5,11,13H,3,6-7H2. The molecule has 0 aliphatic heterocycles. The van der Waals surface area contributed by atoms with Crippen LogP contribution in [0.15, 0.2) is 24.3 Å². The van der Waals surface area contributed by atoms with Gasteiger partial charge in [-0.3, -0.25) is 0 Å². The van der Waals surface area contributed by atoms with E-state index in [0.717, 1.165) is 0 Å². The summed E-state index contributed by atoms with van der Waals surface area (Å²) in [6.45, 7) is 0.556. The Morgan fingerprint density at radius 3 is 2.93 bits per heavy atom. The molecule has 15 heavy (non-hydrogen) atoms. The first-order valence-electron chi connectivity index (χ1n) is 4.69. The van der Waals surface area contributed by atoms with E-state index in [0.29, 0.717) is 24.3 Å². The van der Waals surface area contributed by atoms with E-state index < -0.39 is 0 Å². The lowest BCUT2D eigenvalue weighted by Gasteiger charge is -2.06. The molecule has 0 aliphatic carbocycles. The number of hydrogen-bond donors (Lipinski definition) is 1. The molecule has 0 aliphatic rings. The van der Waals surface area contributed by atoms with Crippen molar-refractivity contribution in [1.29, 1.82) is 5.26 Å². The van der Waals surface area contributed by atoms with E-state index >= 15 is 0 Å². The van der Waals surface area contributed by atoms with Gasteiger partial charge in [-0.2, -0.15) is 5.26 Å². The average molecular weight is 205 g/mol. The van der Waals surface area contributed by atoms with E-state index in [4.69, 9.17) is 19.7 Å². The molecular weight excluding hydrogens is 193 g/mol. The van der Waals surface area contributed by atoms with Crippen LogP contribution in [-0.4, -0.2) is 26.0 Å². The monoisotopic (exact) mass is 205 g/mol. The van der Waals surface area contributed by atoms with E-state index in [-0.39, 0.29) is 14.3 Å². The maximum absolute atomic E-state index is 8.76. The van der Waals surface area contributed by atoms with Gasteiger partial charge in [0.25, 0.3) is 0 Å². The third kappa shape index (κ3) is 4.02. The Bertz CT molecular complexity index is 338. The minimum absolute atomic E-state index is 0.0959. The number of aliphatic hydroxyl groups excluding tert-OH is 1. The summed E-state index contributed by atoms with van der Waals surface area (Å²) in [6.07, 6.45) is 0.587. The van der Waals surface area contributed by atoms with Crippen molar-refractivity contribution < 1.29 is 14.4 Å². The summed E-state index contributed by atoms with van der Waals surface area (Å²) in [5, 5.41) is 17.3. The number of nitrogens with zero attached hydrogens (tertiary/aromatic N) is 1. The first-order chi connectivity index (χ1) is 7.38. The number of nitriles is 1. The molecule has 0 aromatic heterocycles. The largest absolute Gasteiger partial charge is 0.538 e. The Morgan fingerprint density at radius 2 is 2.20 bits per heavy atom. The van der Waals surface area contributed by atoms with Crippen molar-refractivity contribution >= 4 is 7.69 Å². The maximum atomic E-state index is 8.76. The second-order valence-electron chi connectivity index (χ2n) is 2.86. The van der Waals surface area contributed by atoms with E-state index in [1.54, 1.807) is 24.3 Å². The van der Waals surface area contributed by atoms with Gasteiger partial charge in [0.2, 0.25) is 0 Å². The number of hydrogen-bond acceptors (Lipinski definition) is 4. The summed E-state index contributed by atoms with van der Waals surface area (Å²) < 4.78 is 10.3. The van der Waals surface area contributed by atoms with Crippen molar-refractivity contribution in [3.05, 3.63) is 29.8 Å². The first kappa shape index (κ1) is 11.6. The topological polar surface area (TPSA) is 62.5 Å². The molecule has 1 aromatic carbocycles. The molecule has 0 saturated carbocycles. The molecule has 0 heterocycles. The van der Waals surface area contributed by atoms with Crippen LogP contribution in [0.25, 0.3) is 0 Å². The molecule has 1 N–H and O–H groups in total. The highest BCUT2D eigenvalue weighted by molar-refractivity contribution is 6.19. The molecule has 0 bridgehead atoms. The molecule has 1 rings (SSSR count). The van der Waals surface area contributed by atoms with Crippen LogP contribution in [-0.2, 0) is 4.65 Å². The first-order valence-corrected chi connectivity index (χ1v) is 4.69. The van der Waals surface area contributed by atoms with Crippen LogP contribution in [0.5, 0.6) is 5.75 Å². The highest BCUT2D eigenvalue weighted by Gasteiger charge is 2.02. The van der Waals surface area contributed by atoms with Crippen molar-refractivity contribution in [2.75, 3.05) is 13.2 Å². The number of benzene rings is 1. The second kappa shape index (κ2) is 6.88. The highest BCUT2D eigenvalue weighted by Crippen LogP contribution is 2.15. The third-order valence-electron chi connectivity index (χ3n) is 1.75. The zero-order valence-corrected chi connectivity index (χ0v) is 8.35. The van der Waals surface area contributed by atoms with Crippen molar-refractivity contribution in [2.24, 2.45) is 0 Å². The van der Waals surface area contributed by atoms with Crippen LogP contribution in [0.4, 0.5) is 0 Å². The second-order valence-corrected chi connectivity index (χ2v) is 2.86. The molecule has 1 aromatic rings. The molecule has 0 fully saturated rings. The summed E-state index contributed by atoms with van der Waals surface area (Å²) in [7, 11) is 0.0959. The van der Waals surface area contributed by atoms with Crippen molar-refractivity contribution in [2.45, 2.75) is 6.42 Å².